The van der Waals surface area contributed by atoms with E-state index in [1.165, 1.54) is 38.5 Å². The number of hydrogen-bond acceptors (Lipinski definition) is 5. The van der Waals surface area contributed by atoms with Crippen LogP contribution in [0.1, 0.15) is 80.5 Å². The first-order valence-electron chi connectivity index (χ1n) is 11.6. The van der Waals surface area contributed by atoms with Crippen LogP contribution in [-0.4, -0.2) is 37.8 Å². The molecule has 2 aliphatic rings. The second-order valence-electron chi connectivity index (χ2n) is 8.84. The number of nitrogens with zero attached hydrogens (tertiary/aromatic N) is 4. The maximum absolute atomic E-state index is 13.6. The number of carbonyl (C=O) groups is 1. The summed E-state index contributed by atoms with van der Waals surface area (Å²) in [5.74, 6) is 1.85. The van der Waals surface area contributed by atoms with Gasteiger partial charge < -0.3 is 13.8 Å². The predicted octanol–water partition coefficient (Wildman–Crippen LogP) is 5.29. The molecule has 2 aliphatic carbocycles. The highest BCUT2D eigenvalue weighted by molar-refractivity contribution is 5.93. The quantitative estimate of drug-likeness (QED) is 0.540. The number of hydrogen-bond donors (Lipinski definition) is 0. The number of amides is 1. The molecule has 0 radical (unpaired) electrons. The standard InChI is InChI=1S/C24H30N4O3/c29-24(28(18-8-3-1-4-9-18)19-10-5-2-6-11-19)21-16-23(31-26-21)22-13-12-20(30-22)17-27-15-7-14-25-27/h7,12-16,18-19H,1-6,8-11,17H2. The number of furan rings is 1. The van der Waals surface area contributed by atoms with Crippen molar-refractivity contribution in [1.29, 1.82) is 0 Å². The summed E-state index contributed by atoms with van der Waals surface area (Å²) in [7, 11) is 0. The van der Waals surface area contributed by atoms with Gasteiger partial charge >= 0.3 is 0 Å². The molecule has 5 rings (SSSR count). The summed E-state index contributed by atoms with van der Waals surface area (Å²) in [6.07, 6.45) is 15.4. The van der Waals surface area contributed by atoms with E-state index in [0.29, 0.717) is 35.8 Å². The molecule has 0 aliphatic heterocycles. The fourth-order valence-electron chi connectivity index (χ4n) is 5.12. The van der Waals surface area contributed by atoms with Gasteiger partial charge in [0.05, 0.1) is 6.54 Å². The highest BCUT2D eigenvalue weighted by atomic mass is 16.5. The highest BCUT2D eigenvalue weighted by Crippen LogP contribution is 2.32. The Kier molecular flexibility index (Phi) is 5.91. The Hall–Kier alpha value is -2.83. The van der Waals surface area contributed by atoms with Crippen molar-refractivity contribution < 1.29 is 13.7 Å². The van der Waals surface area contributed by atoms with Crippen LogP contribution in [0, 0.1) is 0 Å². The summed E-state index contributed by atoms with van der Waals surface area (Å²) in [6, 6.07) is 8.02. The fraction of sp³-hybridized carbons (Fsp3) is 0.542. The molecule has 1 amide bonds. The van der Waals surface area contributed by atoms with E-state index in [2.05, 4.69) is 15.2 Å². The van der Waals surface area contributed by atoms with Gasteiger partial charge in [-0.25, -0.2) is 0 Å². The molecule has 31 heavy (non-hydrogen) atoms. The normalized spacial score (nSPS) is 18.3. The van der Waals surface area contributed by atoms with Crippen molar-refractivity contribution in [2.45, 2.75) is 82.8 Å². The smallest absolute Gasteiger partial charge is 0.276 e. The van der Waals surface area contributed by atoms with Gasteiger partial charge in [-0.15, -0.1) is 0 Å². The molecular weight excluding hydrogens is 392 g/mol. The molecular formula is C24H30N4O3. The Bertz CT molecular complexity index is 960. The molecule has 0 unspecified atom stereocenters. The number of carbonyl (C=O) groups excluding carboxylic acids is 1. The van der Waals surface area contributed by atoms with E-state index in [1.54, 1.807) is 16.9 Å². The highest BCUT2D eigenvalue weighted by Gasteiger charge is 2.34. The molecule has 7 nitrogen and oxygen atoms in total. The lowest BCUT2D eigenvalue weighted by Gasteiger charge is -2.41. The maximum atomic E-state index is 13.6. The molecule has 2 fully saturated rings. The minimum Gasteiger partial charge on any atom is -0.456 e. The molecule has 0 saturated heterocycles. The number of aromatic nitrogens is 3. The van der Waals surface area contributed by atoms with Crippen LogP contribution in [-0.2, 0) is 6.54 Å². The van der Waals surface area contributed by atoms with Crippen molar-refractivity contribution in [2.75, 3.05) is 0 Å². The van der Waals surface area contributed by atoms with Crippen LogP contribution < -0.4 is 0 Å². The van der Waals surface area contributed by atoms with E-state index in [1.807, 2.05) is 24.4 Å². The molecule has 0 spiro atoms. The lowest BCUT2D eigenvalue weighted by molar-refractivity contribution is 0.0438. The Morgan fingerprint density at radius 3 is 2.35 bits per heavy atom. The van der Waals surface area contributed by atoms with Crippen LogP contribution in [0.4, 0.5) is 0 Å². The van der Waals surface area contributed by atoms with Crippen LogP contribution in [0.5, 0.6) is 0 Å². The van der Waals surface area contributed by atoms with E-state index in [-0.39, 0.29) is 5.91 Å². The zero-order valence-electron chi connectivity index (χ0n) is 17.9. The van der Waals surface area contributed by atoms with Gasteiger partial charge in [0.15, 0.2) is 11.5 Å². The monoisotopic (exact) mass is 422 g/mol. The summed E-state index contributed by atoms with van der Waals surface area (Å²) in [5, 5.41) is 8.34. The summed E-state index contributed by atoms with van der Waals surface area (Å²) in [4.78, 5) is 15.7. The van der Waals surface area contributed by atoms with E-state index >= 15 is 0 Å². The van der Waals surface area contributed by atoms with Crippen LogP contribution in [0.25, 0.3) is 11.5 Å². The van der Waals surface area contributed by atoms with E-state index < -0.39 is 0 Å². The van der Waals surface area contributed by atoms with Gasteiger partial charge in [0, 0.05) is 30.5 Å². The van der Waals surface area contributed by atoms with Crippen molar-refractivity contribution in [3.63, 3.8) is 0 Å². The van der Waals surface area contributed by atoms with Gasteiger partial charge in [-0.1, -0.05) is 43.7 Å². The molecule has 0 N–H and O–H groups in total. The van der Waals surface area contributed by atoms with E-state index in [9.17, 15) is 4.79 Å². The molecule has 3 heterocycles. The molecule has 0 aromatic carbocycles. The van der Waals surface area contributed by atoms with Crippen LogP contribution >= 0.6 is 0 Å². The molecule has 3 aromatic heterocycles. The molecule has 7 heteroatoms. The van der Waals surface area contributed by atoms with E-state index in [4.69, 9.17) is 8.94 Å². The first kappa shape index (κ1) is 20.1. The Morgan fingerprint density at radius 1 is 1.00 bits per heavy atom. The lowest BCUT2D eigenvalue weighted by atomic mass is 9.88. The van der Waals surface area contributed by atoms with Crippen LogP contribution in [0.2, 0.25) is 0 Å². The Labute approximate surface area is 182 Å². The predicted molar refractivity (Wildman–Crippen MR) is 115 cm³/mol. The summed E-state index contributed by atoms with van der Waals surface area (Å²) < 4.78 is 13.2. The third-order valence-electron chi connectivity index (χ3n) is 6.68. The number of rotatable bonds is 6. The zero-order chi connectivity index (χ0) is 21.0. The van der Waals surface area contributed by atoms with Gasteiger partial charge in [0.2, 0.25) is 5.76 Å². The summed E-state index contributed by atoms with van der Waals surface area (Å²) in [5.41, 5.74) is 0.385. The van der Waals surface area contributed by atoms with Gasteiger partial charge in [0.25, 0.3) is 5.91 Å². The minimum absolute atomic E-state index is 0.0112. The van der Waals surface area contributed by atoms with Gasteiger partial charge in [-0.2, -0.15) is 5.10 Å². The molecule has 0 bridgehead atoms. The minimum atomic E-state index is 0.0112. The van der Waals surface area contributed by atoms with Crippen molar-refractivity contribution >= 4 is 5.91 Å². The Balaban J connectivity index is 1.34. The average molecular weight is 423 g/mol. The SMILES string of the molecule is O=C(c1cc(-c2ccc(Cn3cccn3)o2)on1)N(C1CCCCC1)C1CCCCC1. The summed E-state index contributed by atoms with van der Waals surface area (Å²) in [6.45, 7) is 0.546. The van der Waals surface area contributed by atoms with E-state index in [0.717, 1.165) is 31.4 Å². The largest absolute Gasteiger partial charge is 0.456 e. The Morgan fingerprint density at radius 2 is 1.71 bits per heavy atom. The second kappa shape index (κ2) is 9.12. The van der Waals surface area contributed by atoms with Crippen LogP contribution in [0.15, 0.2) is 45.6 Å². The molecule has 3 aromatic rings. The van der Waals surface area contributed by atoms with Crippen molar-refractivity contribution in [3.05, 3.63) is 48.1 Å². The van der Waals surface area contributed by atoms with Gasteiger partial charge in [-0.3, -0.25) is 9.48 Å². The topological polar surface area (TPSA) is 77.3 Å². The lowest BCUT2D eigenvalue weighted by Crippen LogP contribution is -2.48. The average Bonchev–Trinajstić information content (AvgIpc) is 3.58. The van der Waals surface area contributed by atoms with Crippen molar-refractivity contribution in [1.82, 2.24) is 19.8 Å². The zero-order valence-corrected chi connectivity index (χ0v) is 17.9. The summed E-state index contributed by atoms with van der Waals surface area (Å²) >= 11 is 0. The first-order valence-corrected chi connectivity index (χ1v) is 11.6. The molecule has 164 valence electrons. The molecule has 0 atom stereocenters. The molecule has 2 saturated carbocycles. The second-order valence-corrected chi connectivity index (χ2v) is 8.84. The van der Waals surface area contributed by atoms with Crippen LogP contribution in [0.3, 0.4) is 0 Å². The third kappa shape index (κ3) is 4.45. The third-order valence-corrected chi connectivity index (χ3v) is 6.68. The van der Waals surface area contributed by atoms with Gasteiger partial charge in [-0.05, 0) is 43.9 Å². The van der Waals surface area contributed by atoms with Crippen molar-refractivity contribution in [2.24, 2.45) is 0 Å². The first-order chi connectivity index (χ1) is 15.3. The maximum Gasteiger partial charge on any atom is 0.276 e. The van der Waals surface area contributed by atoms with Crippen molar-refractivity contribution in [3.8, 4) is 11.5 Å². The fourth-order valence-corrected chi connectivity index (χ4v) is 5.12. The van der Waals surface area contributed by atoms with Gasteiger partial charge in [0.1, 0.15) is 5.76 Å².